The van der Waals surface area contributed by atoms with E-state index in [9.17, 15) is 22.4 Å². The Hall–Kier alpha value is -2.29. The fraction of sp³-hybridized carbons (Fsp3) is 0.375. The molecule has 10 heteroatoms. The smallest absolute Gasteiger partial charge is 0.271 e. The minimum atomic E-state index is -1.67. The maximum absolute atomic E-state index is 14.1. The van der Waals surface area contributed by atoms with Crippen molar-refractivity contribution in [2.75, 3.05) is 0 Å². The van der Waals surface area contributed by atoms with E-state index in [1.54, 1.807) is 6.92 Å². The molecule has 1 amide bonds. The molecule has 0 atom stereocenters. The maximum Gasteiger partial charge on any atom is 0.271 e. The summed E-state index contributed by atoms with van der Waals surface area (Å²) in [5.74, 6) is -8.58. The second-order valence-corrected chi connectivity index (χ2v) is 6.16. The maximum atomic E-state index is 14.1. The van der Waals surface area contributed by atoms with Crippen LogP contribution in [0.2, 0.25) is 5.02 Å². The number of rotatable bonds is 5. The summed E-state index contributed by atoms with van der Waals surface area (Å²) in [5, 5.41) is 6.16. The second-order valence-electron chi connectivity index (χ2n) is 5.78. The highest BCUT2D eigenvalue weighted by molar-refractivity contribution is 6.34. The number of nitrogens with one attached hydrogen (secondary N) is 1. The highest BCUT2D eigenvalue weighted by Gasteiger charge is 2.28. The molecule has 0 aliphatic heterocycles. The van der Waals surface area contributed by atoms with Crippen molar-refractivity contribution >= 4 is 17.5 Å². The highest BCUT2D eigenvalue weighted by Crippen LogP contribution is 2.31. The number of aromatic nitrogens is 2. The fourth-order valence-corrected chi connectivity index (χ4v) is 2.53. The predicted molar refractivity (Wildman–Crippen MR) is 86.2 cm³/mol. The summed E-state index contributed by atoms with van der Waals surface area (Å²) in [6, 6.07) is 0. The molecular weight excluding hydrogens is 378 g/mol. The molecule has 0 fully saturated rings. The monoisotopic (exact) mass is 393 g/mol. The third kappa shape index (κ3) is 3.62. The van der Waals surface area contributed by atoms with Gasteiger partial charge in [0.15, 0.2) is 17.4 Å². The van der Waals surface area contributed by atoms with Gasteiger partial charge < -0.3 is 10.1 Å². The number of hydrogen-bond donors (Lipinski definition) is 1. The molecule has 1 N–H and O–H groups in total. The molecule has 0 spiro atoms. The Kier molecular flexibility index (Phi) is 5.80. The van der Waals surface area contributed by atoms with Gasteiger partial charge in [-0.05, 0) is 20.8 Å². The fourth-order valence-electron chi connectivity index (χ4n) is 2.28. The minimum Gasteiger partial charge on any atom is -0.485 e. The number of halogens is 5. The van der Waals surface area contributed by atoms with Crippen molar-refractivity contribution in [1.82, 2.24) is 15.1 Å². The van der Waals surface area contributed by atoms with Gasteiger partial charge >= 0.3 is 0 Å². The Morgan fingerprint density at radius 2 is 1.73 bits per heavy atom. The zero-order chi connectivity index (χ0) is 19.8. The number of hydrogen-bond acceptors (Lipinski definition) is 3. The molecule has 1 aromatic carbocycles. The first-order valence-electron chi connectivity index (χ1n) is 7.55. The molecule has 0 aliphatic carbocycles. The Morgan fingerprint density at radius 3 is 2.15 bits per heavy atom. The minimum absolute atomic E-state index is 0.0503. The second kappa shape index (κ2) is 7.53. The van der Waals surface area contributed by atoms with Crippen molar-refractivity contribution in [3.8, 4) is 5.75 Å². The molecule has 26 heavy (non-hydrogen) atoms. The van der Waals surface area contributed by atoms with Crippen molar-refractivity contribution in [3.05, 3.63) is 45.2 Å². The summed E-state index contributed by atoms with van der Waals surface area (Å²) in [7, 11) is 1.45. The van der Waals surface area contributed by atoms with Crippen LogP contribution < -0.4 is 10.1 Å². The molecule has 0 saturated carbocycles. The normalized spacial score (nSPS) is 11.2. The molecular formula is C16H16ClF4N3O2. The molecule has 1 heterocycles. The van der Waals surface area contributed by atoms with Crippen molar-refractivity contribution in [1.29, 1.82) is 0 Å². The van der Waals surface area contributed by atoms with Crippen LogP contribution in [0.4, 0.5) is 17.6 Å². The third-order valence-corrected chi connectivity index (χ3v) is 3.91. The van der Waals surface area contributed by atoms with E-state index in [0.717, 1.165) is 0 Å². The summed E-state index contributed by atoms with van der Waals surface area (Å²) in [6.07, 6.45) is -0.696. The van der Waals surface area contributed by atoms with E-state index in [2.05, 4.69) is 10.4 Å². The van der Waals surface area contributed by atoms with Crippen LogP contribution in [0.1, 0.15) is 35.6 Å². The lowest BCUT2D eigenvalue weighted by Crippen LogP contribution is -2.27. The van der Waals surface area contributed by atoms with Gasteiger partial charge in [0.1, 0.15) is 5.69 Å². The number of ether oxygens (including phenoxy) is 1. The van der Waals surface area contributed by atoms with Crippen LogP contribution in [-0.2, 0) is 13.6 Å². The predicted octanol–water partition coefficient (Wildman–Crippen LogP) is 3.66. The largest absolute Gasteiger partial charge is 0.485 e. The summed E-state index contributed by atoms with van der Waals surface area (Å²) >= 11 is 5.94. The standard InChI is InChI=1S/C16H16ClF4N3O2/c1-6(2)26-15-12(20)10(18)8(11(19)13(15)21)5-22-16(25)14-9(17)7(3)23-24(14)4/h6H,5H2,1-4H3,(H,22,25). The summed E-state index contributed by atoms with van der Waals surface area (Å²) in [4.78, 5) is 12.2. The molecule has 0 aliphatic rings. The number of carbonyl (C=O) groups excluding carboxylic acids is 1. The summed E-state index contributed by atoms with van der Waals surface area (Å²) < 4.78 is 62.2. The van der Waals surface area contributed by atoms with E-state index in [0.29, 0.717) is 5.69 Å². The molecule has 2 aromatic rings. The van der Waals surface area contributed by atoms with E-state index in [-0.39, 0.29) is 10.7 Å². The molecule has 0 unspecified atom stereocenters. The summed E-state index contributed by atoms with van der Waals surface area (Å²) in [6.45, 7) is 3.66. The van der Waals surface area contributed by atoms with Crippen molar-refractivity contribution in [3.63, 3.8) is 0 Å². The number of amides is 1. The average molecular weight is 394 g/mol. The van der Waals surface area contributed by atoms with Gasteiger partial charge in [-0.25, -0.2) is 8.78 Å². The first-order valence-corrected chi connectivity index (χ1v) is 7.92. The first-order chi connectivity index (χ1) is 12.1. The van der Waals surface area contributed by atoms with E-state index in [4.69, 9.17) is 16.3 Å². The Balaban J connectivity index is 2.31. The van der Waals surface area contributed by atoms with Gasteiger partial charge in [0.05, 0.1) is 16.8 Å². The SMILES string of the molecule is Cc1nn(C)c(C(=O)NCc2c(F)c(F)c(OC(C)C)c(F)c2F)c1Cl. The molecule has 0 radical (unpaired) electrons. The number of aryl methyl sites for hydroxylation is 2. The van der Waals surface area contributed by atoms with Crippen LogP contribution in [0.5, 0.6) is 5.75 Å². The van der Waals surface area contributed by atoms with Crippen LogP contribution in [0.3, 0.4) is 0 Å². The molecule has 1 aromatic heterocycles. The summed E-state index contributed by atoms with van der Waals surface area (Å²) in [5.41, 5.74) is -0.644. The van der Waals surface area contributed by atoms with Gasteiger partial charge in [0.2, 0.25) is 11.6 Å². The van der Waals surface area contributed by atoms with Gasteiger partial charge in [0, 0.05) is 19.2 Å². The number of nitrogens with zero attached hydrogens (tertiary/aromatic N) is 2. The zero-order valence-electron chi connectivity index (χ0n) is 14.4. The molecule has 142 valence electrons. The average Bonchev–Trinajstić information content (AvgIpc) is 2.81. The van der Waals surface area contributed by atoms with E-state index in [1.807, 2.05) is 0 Å². The number of carbonyl (C=O) groups is 1. The van der Waals surface area contributed by atoms with Gasteiger partial charge in [-0.3, -0.25) is 9.48 Å². The highest BCUT2D eigenvalue weighted by atomic mass is 35.5. The Morgan fingerprint density at radius 1 is 1.19 bits per heavy atom. The molecule has 5 nitrogen and oxygen atoms in total. The first kappa shape index (κ1) is 20.0. The van der Waals surface area contributed by atoms with Crippen LogP contribution >= 0.6 is 11.6 Å². The van der Waals surface area contributed by atoms with Gasteiger partial charge in [0.25, 0.3) is 5.91 Å². The van der Waals surface area contributed by atoms with E-state index < -0.39 is 53.1 Å². The number of benzene rings is 1. The van der Waals surface area contributed by atoms with Gasteiger partial charge in [-0.15, -0.1) is 0 Å². The Bertz CT molecular complexity index is 839. The quantitative estimate of drug-likeness (QED) is 0.623. The third-order valence-electron chi connectivity index (χ3n) is 3.46. The topological polar surface area (TPSA) is 56.2 Å². The van der Waals surface area contributed by atoms with Crippen LogP contribution in [0, 0.1) is 30.2 Å². The van der Waals surface area contributed by atoms with Crippen molar-refractivity contribution in [2.45, 2.75) is 33.4 Å². The van der Waals surface area contributed by atoms with E-state index >= 15 is 0 Å². The zero-order valence-corrected chi connectivity index (χ0v) is 15.1. The van der Waals surface area contributed by atoms with Crippen LogP contribution in [-0.4, -0.2) is 21.8 Å². The van der Waals surface area contributed by atoms with Crippen molar-refractivity contribution in [2.24, 2.45) is 7.05 Å². The van der Waals surface area contributed by atoms with Gasteiger partial charge in [-0.1, -0.05) is 11.6 Å². The van der Waals surface area contributed by atoms with E-state index in [1.165, 1.54) is 25.6 Å². The van der Waals surface area contributed by atoms with Crippen molar-refractivity contribution < 1.29 is 27.1 Å². The molecule has 2 rings (SSSR count). The lowest BCUT2D eigenvalue weighted by Gasteiger charge is -2.15. The van der Waals surface area contributed by atoms with Crippen LogP contribution in [0.25, 0.3) is 0 Å². The van der Waals surface area contributed by atoms with Crippen LogP contribution in [0.15, 0.2) is 0 Å². The Labute approximate surface area is 151 Å². The lowest BCUT2D eigenvalue weighted by atomic mass is 10.1. The van der Waals surface area contributed by atoms with Gasteiger partial charge in [-0.2, -0.15) is 13.9 Å². The molecule has 0 bridgehead atoms. The molecule has 0 saturated heterocycles. The lowest BCUT2D eigenvalue weighted by molar-refractivity contribution is 0.0940.